The molecule has 0 aromatic carbocycles. The third-order valence-electron chi connectivity index (χ3n) is 6.43. The van der Waals surface area contributed by atoms with Crippen LogP contribution in [-0.2, 0) is 19.2 Å². The fourth-order valence-corrected chi connectivity index (χ4v) is 6.23. The molecule has 5 rings (SSSR count). The molecule has 8 atom stereocenters. The van der Waals surface area contributed by atoms with Gasteiger partial charge in [0.1, 0.15) is 5.44 Å². The van der Waals surface area contributed by atoms with Crippen molar-refractivity contribution in [2.24, 2.45) is 23.7 Å². The van der Waals surface area contributed by atoms with Crippen LogP contribution in [0.3, 0.4) is 0 Å². The quantitative estimate of drug-likeness (QED) is 0.718. The van der Waals surface area contributed by atoms with Crippen LogP contribution in [0.15, 0.2) is 0 Å². The van der Waals surface area contributed by atoms with Crippen molar-refractivity contribution in [3.05, 3.63) is 0 Å². The first-order chi connectivity index (χ1) is 10.5. The molecule has 1 spiro atoms. The number of hydrogen-bond donors (Lipinski definition) is 0. The summed E-state index contributed by atoms with van der Waals surface area (Å²) in [6.07, 6.45) is 4.16. The molecule has 1 saturated carbocycles. The summed E-state index contributed by atoms with van der Waals surface area (Å²) in [5.41, 5.74) is -0.205. The minimum absolute atomic E-state index is 0.200. The predicted molar refractivity (Wildman–Crippen MR) is 85.0 cm³/mol. The highest BCUT2D eigenvalue weighted by Gasteiger charge is 2.69. The normalized spacial score (nSPS) is 57.3. The molecule has 4 heterocycles. The number of ether oxygens (including phenoxy) is 2. The Balaban J connectivity index is 1.75. The first-order valence-corrected chi connectivity index (χ1v) is 9.87. The summed E-state index contributed by atoms with van der Waals surface area (Å²) >= 11 is 1.89. The van der Waals surface area contributed by atoms with Crippen LogP contribution >= 0.6 is 11.8 Å². The van der Waals surface area contributed by atoms with E-state index in [4.69, 9.17) is 19.2 Å². The van der Waals surface area contributed by atoms with Gasteiger partial charge in [0, 0.05) is 12.3 Å². The van der Waals surface area contributed by atoms with E-state index in [1.54, 1.807) is 0 Å². The third kappa shape index (κ3) is 2.05. The van der Waals surface area contributed by atoms with E-state index < -0.39 is 11.4 Å². The zero-order chi connectivity index (χ0) is 15.5. The molecule has 3 unspecified atom stereocenters. The zero-order valence-electron chi connectivity index (χ0n) is 14.0. The second-order valence-corrected chi connectivity index (χ2v) is 9.10. The van der Waals surface area contributed by atoms with Gasteiger partial charge in [-0.3, -0.25) is 0 Å². The Labute approximate surface area is 137 Å². The summed E-state index contributed by atoms with van der Waals surface area (Å²) in [4.78, 5) is 11.9. The smallest absolute Gasteiger partial charge is 0.201 e. The van der Waals surface area contributed by atoms with E-state index in [1.165, 1.54) is 12.8 Å². The van der Waals surface area contributed by atoms with Crippen LogP contribution in [0, 0.1) is 23.7 Å². The fraction of sp³-hybridized carbons (Fsp3) is 1.00. The Morgan fingerprint density at radius 2 is 1.91 bits per heavy atom. The van der Waals surface area contributed by atoms with Gasteiger partial charge in [-0.15, -0.1) is 11.8 Å². The van der Waals surface area contributed by atoms with Crippen molar-refractivity contribution in [3.63, 3.8) is 0 Å². The van der Waals surface area contributed by atoms with E-state index in [2.05, 4.69) is 20.8 Å². The van der Waals surface area contributed by atoms with Gasteiger partial charge in [0.05, 0.1) is 0 Å². The Bertz CT molecular complexity index is 446. The van der Waals surface area contributed by atoms with Gasteiger partial charge in [0.25, 0.3) is 0 Å². The highest BCUT2D eigenvalue weighted by atomic mass is 32.2. The minimum Gasteiger partial charge on any atom is -0.335 e. The lowest BCUT2D eigenvalue weighted by molar-refractivity contribution is -0.568. The molecule has 126 valence electrons. The lowest BCUT2D eigenvalue weighted by Crippen LogP contribution is -2.70. The van der Waals surface area contributed by atoms with Gasteiger partial charge in [0.2, 0.25) is 5.79 Å². The summed E-state index contributed by atoms with van der Waals surface area (Å²) in [6, 6.07) is 0. The monoisotopic (exact) mass is 328 g/mol. The van der Waals surface area contributed by atoms with Crippen molar-refractivity contribution in [1.82, 2.24) is 0 Å². The number of fused-ring (bicyclic) bond motifs is 2. The van der Waals surface area contributed by atoms with Crippen LogP contribution in [0.4, 0.5) is 0 Å². The average Bonchev–Trinajstić information content (AvgIpc) is 2.71. The summed E-state index contributed by atoms with van der Waals surface area (Å²) in [7, 11) is 0. The molecule has 0 N–H and O–H groups in total. The summed E-state index contributed by atoms with van der Waals surface area (Å²) in [5.74, 6) is 2.44. The van der Waals surface area contributed by atoms with E-state index in [9.17, 15) is 0 Å². The molecule has 0 amide bonds. The number of rotatable bonds is 2. The van der Waals surface area contributed by atoms with Crippen molar-refractivity contribution in [2.45, 2.75) is 76.5 Å². The Hall–Kier alpha value is 0.190. The van der Waals surface area contributed by atoms with Gasteiger partial charge in [0.15, 0.2) is 11.9 Å². The molecule has 22 heavy (non-hydrogen) atoms. The van der Waals surface area contributed by atoms with Crippen LogP contribution in [0.25, 0.3) is 0 Å². The molecule has 5 fully saturated rings. The van der Waals surface area contributed by atoms with Crippen LogP contribution in [0.5, 0.6) is 0 Å². The third-order valence-corrected chi connectivity index (χ3v) is 7.63. The van der Waals surface area contributed by atoms with E-state index in [-0.39, 0.29) is 11.7 Å². The minimum atomic E-state index is -0.653. The SMILES string of the molecule is CCS[C@H]1O[C@@H]2OC3(C)CCC4[C@H](C)CCC([C@H]1C)[C@]42OO3. The second-order valence-electron chi connectivity index (χ2n) is 7.73. The van der Waals surface area contributed by atoms with E-state index in [0.717, 1.165) is 18.6 Å². The highest BCUT2D eigenvalue weighted by molar-refractivity contribution is 7.99. The Morgan fingerprint density at radius 3 is 2.68 bits per heavy atom. The van der Waals surface area contributed by atoms with Gasteiger partial charge < -0.3 is 9.47 Å². The molecule has 0 aromatic heterocycles. The Kier molecular flexibility index (Phi) is 3.82. The molecular formula is C17H28O4S. The molecule has 0 radical (unpaired) electrons. The molecule has 5 heteroatoms. The van der Waals surface area contributed by atoms with Crippen molar-refractivity contribution < 1.29 is 19.2 Å². The van der Waals surface area contributed by atoms with Crippen molar-refractivity contribution in [2.75, 3.05) is 5.75 Å². The summed E-state index contributed by atoms with van der Waals surface area (Å²) in [6.45, 7) is 8.85. The molecule has 2 bridgehead atoms. The first-order valence-electron chi connectivity index (χ1n) is 8.82. The molecule has 5 aliphatic rings. The zero-order valence-corrected chi connectivity index (χ0v) is 14.9. The van der Waals surface area contributed by atoms with Gasteiger partial charge >= 0.3 is 0 Å². The van der Waals surface area contributed by atoms with E-state index in [0.29, 0.717) is 23.7 Å². The number of thioether (sulfide) groups is 1. The number of hydrogen-bond acceptors (Lipinski definition) is 5. The molecule has 4 nitrogen and oxygen atoms in total. The van der Waals surface area contributed by atoms with Crippen LogP contribution in [0.1, 0.15) is 53.4 Å². The standard InChI is InChI=1S/C17H28O4S/c1-5-22-14-11(3)13-7-6-10(2)12-8-9-16(4)19-15(18-14)17(12,13)21-20-16/h10-15H,5-9H2,1-4H3/t10-,11-,12?,13?,14-,15-,16?,17-/m1/s1. The topological polar surface area (TPSA) is 36.9 Å². The summed E-state index contributed by atoms with van der Waals surface area (Å²) in [5, 5.41) is 0. The lowest BCUT2D eigenvalue weighted by Gasteiger charge is -2.60. The molecule has 1 aliphatic carbocycles. The van der Waals surface area contributed by atoms with Gasteiger partial charge in [-0.1, -0.05) is 20.8 Å². The maximum Gasteiger partial charge on any atom is 0.201 e. The maximum atomic E-state index is 6.43. The molecule has 4 saturated heterocycles. The van der Waals surface area contributed by atoms with E-state index in [1.807, 2.05) is 18.7 Å². The van der Waals surface area contributed by atoms with Gasteiger partial charge in [-0.25, -0.2) is 9.78 Å². The lowest BCUT2D eigenvalue weighted by atomic mass is 9.58. The summed E-state index contributed by atoms with van der Waals surface area (Å²) < 4.78 is 12.8. The Morgan fingerprint density at radius 1 is 1.09 bits per heavy atom. The fourth-order valence-electron chi connectivity index (χ4n) is 5.23. The largest absolute Gasteiger partial charge is 0.335 e. The van der Waals surface area contributed by atoms with Crippen LogP contribution < -0.4 is 0 Å². The van der Waals surface area contributed by atoms with Crippen molar-refractivity contribution in [3.8, 4) is 0 Å². The van der Waals surface area contributed by atoms with E-state index >= 15 is 0 Å². The molecule has 0 aromatic rings. The van der Waals surface area contributed by atoms with Crippen molar-refractivity contribution in [1.29, 1.82) is 0 Å². The van der Waals surface area contributed by atoms with Crippen LogP contribution in [-0.4, -0.2) is 28.9 Å². The predicted octanol–water partition coefficient (Wildman–Crippen LogP) is 3.95. The molecule has 4 aliphatic heterocycles. The molecular weight excluding hydrogens is 300 g/mol. The second kappa shape index (κ2) is 5.35. The van der Waals surface area contributed by atoms with Crippen LogP contribution in [0.2, 0.25) is 0 Å². The maximum absolute atomic E-state index is 6.43. The van der Waals surface area contributed by atoms with Crippen molar-refractivity contribution >= 4 is 11.8 Å². The highest BCUT2D eigenvalue weighted by Crippen LogP contribution is 2.61. The average molecular weight is 328 g/mol. The van der Waals surface area contributed by atoms with Gasteiger partial charge in [-0.2, -0.15) is 0 Å². The van der Waals surface area contributed by atoms with Gasteiger partial charge in [-0.05, 0) is 49.7 Å². The first kappa shape index (κ1) is 15.7.